The molecule has 2 heterocycles. The molecule has 0 bridgehead atoms. The molecule has 0 radical (unpaired) electrons. The topological polar surface area (TPSA) is 171 Å². The van der Waals surface area contributed by atoms with Gasteiger partial charge in [-0.25, -0.2) is 9.48 Å². The van der Waals surface area contributed by atoms with E-state index in [1.165, 1.54) is 23.1 Å². The Morgan fingerprint density at radius 3 is 2.26 bits per heavy atom. The van der Waals surface area contributed by atoms with E-state index < -0.39 is 11.6 Å². The van der Waals surface area contributed by atoms with Gasteiger partial charge in [0.15, 0.2) is 0 Å². The van der Waals surface area contributed by atoms with Crippen LogP contribution in [0.25, 0.3) is 22.4 Å². The number of nitrogens with zero attached hydrogens (tertiary/aromatic N) is 4. The maximum Gasteiger partial charge on any atom is 0.323 e. The monoisotopic (exact) mass is 776 g/mol. The largest absolute Gasteiger partial charge is 0.395 e. The summed E-state index contributed by atoms with van der Waals surface area (Å²) < 4.78 is 1.24. The van der Waals surface area contributed by atoms with Crippen LogP contribution in [0, 0.1) is 0 Å². The number of likely N-dealkylation sites (N-methyl/N-ethyl adjacent to an activating group) is 1. The molecular weight excluding hydrogens is 731 g/mol. The Hall–Kier alpha value is -4.82. The molecular formula is C39H46Cl2N8O5. The number of aromatic nitrogens is 3. The zero-order chi connectivity index (χ0) is 38.6. The summed E-state index contributed by atoms with van der Waals surface area (Å²) in [6, 6.07) is 13.4. The van der Waals surface area contributed by atoms with Crippen molar-refractivity contribution >= 4 is 52.4 Å². The van der Waals surface area contributed by atoms with Crippen molar-refractivity contribution in [2.45, 2.75) is 64.5 Å². The fourth-order valence-electron chi connectivity index (χ4n) is 5.82. The molecule has 54 heavy (non-hydrogen) atoms. The summed E-state index contributed by atoms with van der Waals surface area (Å²) in [6.07, 6.45) is 9.56. The fraction of sp³-hybridized carbons (Fsp3) is 0.385. The van der Waals surface area contributed by atoms with Crippen molar-refractivity contribution in [2.75, 3.05) is 43.9 Å². The molecule has 2 aromatic heterocycles. The van der Waals surface area contributed by atoms with Crippen LogP contribution in [-0.4, -0.2) is 81.9 Å². The number of hydrogen-bond acceptors (Lipinski definition) is 8. The molecule has 0 unspecified atom stereocenters. The van der Waals surface area contributed by atoms with Gasteiger partial charge in [-0.2, -0.15) is 5.10 Å². The molecule has 1 saturated carbocycles. The average molecular weight is 778 g/mol. The van der Waals surface area contributed by atoms with Crippen LogP contribution in [0.4, 0.5) is 16.2 Å². The molecule has 2 aromatic carbocycles. The molecule has 13 nitrogen and oxygen atoms in total. The molecule has 1 aliphatic rings. The van der Waals surface area contributed by atoms with Crippen LogP contribution >= 0.6 is 23.2 Å². The van der Waals surface area contributed by atoms with Gasteiger partial charge in [0.25, 0.3) is 17.4 Å². The van der Waals surface area contributed by atoms with Crippen molar-refractivity contribution < 1.29 is 19.5 Å². The van der Waals surface area contributed by atoms with Gasteiger partial charge in [0, 0.05) is 54.8 Å². The Morgan fingerprint density at radius 1 is 0.870 bits per heavy atom. The number of pyridine rings is 1. The molecule has 0 aliphatic heterocycles. The van der Waals surface area contributed by atoms with Crippen molar-refractivity contribution in [3.8, 4) is 22.4 Å². The van der Waals surface area contributed by atoms with Gasteiger partial charge in [-0.3, -0.25) is 19.4 Å². The summed E-state index contributed by atoms with van der Waals surface area (Å²) in [6.45, 7) is 4.31. The predicted octanol–water partition coefficient (Wildman–Crippen LogP) is 6.44. The highest BCUT2D eigenvalue weighted by Gasteiger charge is 2.25. The lowest BCUT2D eigenvalue weighted by atomic mass is 9.97. The van der Waals surface area contributed by atoms with Crippen molar-refractivity contribution in [3.63, 3.8) is 0 Å². The number of anilines is 2. The molecule has 0 spiro atoms. The van der Waals surface area contributed by atoms with E-state index in [2.05, 4.69) is 36.2 Å². The SMILES string of the molecule is CCn1nc(-c2cccc(-c3cc(C(=O)NCCCCCCCN(C)CCO)cc(C(=O)NC4CC4)c3)c2)cc(NC(=O)Nc2c(Cl)cncc2Cl)c1=O. The third kappa shape index (κ3) is 11.3. The van der Waals surface area contributed by atoms with Gasteiger partial charge in [0.2, 0.25) is 0 Å². The number of unbranched alkanes of at least 4 members (excludes halogenated alkanes) is 4. The van der Waals surface area contributed by atoms with E-state index in [0.29, 0.717) is 41.0 Å². The Balaban J connectivity index is 1.33. The first-order chi connectivity index (χ1) is 26.1. The lowest BCUT2D eigenvalue weighted by molar-refractivity contribution is 0.0950. The lowest BCUT2D eigenvalue weighted by Gasteiger charge is -2.14. The van der Waals surface area contributed by atoms with E-state index in [9.17, 15) is 19.2 Å². The number of carbonyl (C=O) groups excluding carboxylic acids is 3. The Bertz CT molecular complexity index is 2000. The minimum Gasteiger partial charge on any atom is -0.395 e. The third-order valence-electron chi connectivity index (χ3n) is 8.96. The highest BCUT2D eigenvalue weighted by atomic mass is 35.5. The van der Waals surface area contributed by atoms with Gasteiger partial charge < -0.3 is 31.3 Å². The second-order valence-corrected chi connectivity index (χ2v) is 14.1. The van der Waals surface area contributed by atoms with E-state index >= 15 is 0 Å². The molecule has 4 amide bonds. The van der Waals surface area contributed by atoms with E-state index in [1.54, 1.807) is 25.1 Å². The van der Waals surface area contributed by atoms with Crippen LogP contribution in [0.1, 0.15) is 72.6 Å². The molecule has 1 fully saturated rings. The van der Waals surface area contributed by atoms with Gasteiger partial charge in [-0.1, -0.05) is 60.7 Å². The highest BCUT2D eigenvalue weighted by Crippen LogP contribution is 2.30. The van der Waals surface area contributed by atoms with Gasteiger partial charge in [-0.05, 0) is 87.7 Å². The number of rotatable bonds is 18. The summed E-state index contributed by atoms with van der Waals surface area (Å²) in [5.74, 6) is -0.506. The van der Waals surface area contributed by atoms with E-state index in [1.807, 2.05) is 31.3 Å². The summed E-state index contributed by atoms with van der Waals surface area (Å²) in [5, 5.41) is 25.0. The highest BCUT2D eigenvalue weighted by molar-refractivity contribution is 6.39. The average Bonchev–Trinajstić information content (AvgIpc) is 3.99. The summed E-state index contributed by atoms with van der Waals surface area (Å²) >= 11 is 12.3. The van der Waals surface area contributed by atoms with Crippen LogP contribution in [-0.2, 0) is 6.54 Å². The summed E-state index contributed by atoms with van der Waals surface area (Å²) in [4.78, 5) is 58.8. The Labute approximate surface area is 324 Å². The van der Waals surface area contributed by atoms with Crippen molar-refractivity contribution in [3.05, 3.63) is 92.5 Å². The maximum absolute atomic E-state index is 13.4. The molecule has 4 aromatic rings. The minimum absolute atomic E-state index is 0.0191. The molecule has 0 atom stereocenters. The van der Waals surface area contributed by atoms with Crippen LogP contribution in [0.2, 0.25) is 10.0 Å². The summed E-state index contributed by atoms with van der Waals surface area (Å²) in [5.41, 5.74) is 2.79. The zero-order valence-electron chi connectivity index (χ0n) is 30.5. The number of amides is 4. The first-order valence-corrected chi connectivity index (χ1v) is 19.0. The van der Waals surface area contributed by atoms with Crippen molar-refractivity contribution in [1.82, 2.24) is 30.3 Å². The minimum atomic E-state index is -0.735. The number of halogens is 2. The third-order valence-corrected chi connectivity index (χ3v) is 9.53. The quantitative estimate of drug-likeness (QED) is 0.0719. The van der Waals surface area contributed by atoms with Gasteiger partial charge in [0.05, 0.1) is 28.0 Å². The van der Waals surface area contributed by atoms with Gasteiger partial charge >= 0.3 is 6.03 Å². The van der Waals surface area contributed by atoms with Crippen molar-refractivity contribution in [1.29, 1.82) is 0 Å². The van der Waals surface area contributed by atoms with Crippen LogP contribution in [0.5, 0.6) is 0 Å². The standard InChI is InChI=1S/C39H46Cl2N8O5/c1-3-49-38(53)34(45-39(54)46-35-31(40)23-42-24-32(35)41)22-33(47-49)26-11-9-10-25(18-26)27-19-28(21-29(20-27)37(52)44-30-12-13-30)36(51)43-14-7-5-4-6-8-15-48(2)16-17-50/h9-11,18-24,30,50H,3-8,12-17H2,1-2H3,(H,43,51)(H,44,52)(H2,42,45,46,54). The van der Waals surface area contributed by atoms with Gasteiger partial charge in [0.1, 0.15) is 5.69 Å². The fourth-order valence-corrected chi connectivity index (χ4v) is 6.28. The van der Waals surface area contributed by atoms with Gasteiger partial charge in [-0.15, -0.1) is 0 Å². The van der Waals surface area contributed by atoms with E-state index in [0.717, 1.165) is 57.1 Å². The molecule has 286 valence electrons. The molecule has 5 rings (SSSR count). The maximum atomic E-state index is 13.4. The number of carbonyl (C=O) groups is 3. The number of urea groups is 1. The van der Waals surface area contributed by atoms with E-state index in [-0.39, 0.29) is 52.4 Å². The zero-order valence-corrected chi connectivity index (χ0v) is 32.0. The molecule has 15 heteroatoms. The smallest absolute Gasteiger partial charge is 0.323 e. The lowest BCUT2D eigenvalue weighted by Crippen LogP contribution is -2.29. The Kier molecular flexibility index (Phi) is 14.6. The Morgan fingerprint density at radius 2 is 1.56 bits per heavy atom. The van der Waals surface area contributed by atoms with Crippen molar-refractivity contribution in [2.24, 2.45) is 0 Å². The molecule has 1 aliphatic carbocycles. The van der Waals surface area contributed by atoms with Crippen LogP contribution < -0.4 is 26.8 Å². The number of aryl methyl sites for hydroxylation is 1. The second-order valence-electron chi connectivity index (χ2n) is 13.3. The molecule has 0 saturated heterocycles. The molecule has 5 N–H and O–H groups in total. The number of benzene rings is 2. The van der Waals surface area contributed by atoms with Crippen LogP contribution in [0.3, 0.4) is 0 Å². The normalized spacial score (nSPS) is 12.4. The first-order valence-electron chi connectivity index (χ1n) is 18.2. The predicted molar refractivity (Wildman–Crippen MR) is 212 cm³/mol. The summed E-state index contributed by atoms with van der Waals surface area (Å²) in [7, 11) is 2.00. The van der Waals surface area contributed by atoms with Crippen LogP contribution in [0.15, 0.2) is 65.7 Å². The first kappa shape index (κ1) is 40.4. The number of aliphatic hydroxyl groups is 1. The number of hydrogen-bond donors (Lipinski definition) is 5. The van der Waals surface area contributed by atoms with E-state index in [4.69, 9.17) is 28.3 Å². The number of nitrogens with one attached hydrogen (secondary N) is 4. The second kappa shape index (κ2) is 19.5. The number of aliphatic hydroxyl groups excluding tert-OH is 1.